The average molecular weight is 403 g/mol. The van der Waals surface area contributed by atoms with E-state index < -0.39 is 5.97 Å². The smallest absolute Gasteiger partial charge is 0.303 e. The first-order valence-corrected chi connectivity index (χ1v) is 10.8. The number of aliphatic carboxylic acids is 1. The second-order valence-electron chi connectivity index (χ2n) is 8.21. The SMILES string of the molecule is CCC(CCCCCC(=O)O)c1cc(O)c(CC=C(C)CCC=C(C)C)c(O)c1. The number of carbonyl (C=O) groups is 1. The van der Waals surface area contributed by atoms with Crippen LogP contribution in [0.15, 0.2) is 35.4 Å². The summed E-state index contributed by atoms with van der Waals surface area (Å²) in [6, 6.07) is 3.57. The highest BCUT2D eigenvalue weighted by molar-refractivity contribution is 5.66. The van der Waals surface area contributed by atoms with Gasteiger partial charge in [-0.15, -0.1) is 0 Å². The molecule has 1 aromatic carbocycles. The van der Waals surface area contributed by atoms with Crippen molar-refractivity contribution in [3.63, 3.8) is 0 Å². The van der Waals surface area contributed by atoms with Crippen molar-refractivity contribution in [2.24, 2.45) is 0 Å². The Bertz CT molecular complexity index is 689. The summed E-state index contributed by atoms with van der Waals surface area (Å²) in [6.07, 6.45) is 11.4. The Kier molecular flexibility index (Phi) is 11.2. The molecule has 1 rings (SSSR count). The zero-order valence-electron chi connectivity index (χ0n) is 18.5. The zero-order valence-corrected chi connectivity index (χ0v) is 18.5. The number of phenolic OH excluding ortho intramolecular Hbond substituents is 2. The van der Waals surface area contributed by atoms with Gasteiger partial charge >= 0.3 is 5.97 Å². The highest BCUT2D eigenvalue weighted by Crippen LogP contribution is 2.36. The summed E-state index contributed by atoms with van der Waals surface area (Å²) in [4.78, 5) is 10.6. The Balaban J connectivity index is 2.71. The van der Waals surface area contributed by atoms with Gasteiger partial charge in [-0.1, -0.05) is 43.1 Å². The number of aromatic hydroxyl groups is 2. The topological polar surface area (TPSA) is 77.8 Å². The summed E-state index contributed by atoms with van der Waals surface area (Å²) >= 11 is 0. The van der Waals surface area contributed by atoms with E-state index in [1.807, 2.05) is 0 Å². The van der Waals surface area contributed by atoms with Crippen molar-refractivity contribution in [2.45, 2.75) is 91.4 Å². The van der Waals surface area contributed by atoms with Gasteiger partial charge in [-0.25, -0.2) is 0 Å². The van der Waals surface area contributed by atoms with Gasteiger partial charge in [-0.3, -0.25) is 4.79 Å². The lowest BCUT2D eigenvalue weighted by atomic mass is 9.89. The molecule has 0 spiro atoms. The fourth-order valence-corrected chi connectivity index (χ4v) is 3.52. The van der Waals surface area contributed by atoms with E-state index in [0.29, 0.717) is 18.4 Å². The van der Waals surface area contributed by atoms with E-state index in [1.165, 1.54) is 11.1 Å². The van der Waals surface area contributed by atoms with Crippen molar-refractivity contribution in [2.75, 3.05) is 0 Å². The third-order valence-corrected chi connectivity index (χ3v) is 5.38. The summed E-state index contributed by atoms with van der Waals surface area (Å²) in [5.74, 6) is -0.189. The van der Waals surface area contributed by atoms with Gasteiger partial charge in [-0.05, 0) is 82.9 Å². The molecule has 0 aliphatic carbocycles. The Hall–Kier alpha value is -2.23. The second kappa shape index (κ2) is 13.1. The first kappa shape index (κ1) is 24.8. The quantitative estimate of drug-likeness (QED) is 0.249. The van der Waals surface area contributed by atoms with Gasteiger partial charge in [-0.2, -0.15) is 0 Å². The maximum Gasteiger partial charge on any atom is 0.303 e. The molecule has 0 aromatic heterocycles. The Morgan fingerprint density at radius 3 is 2.21 bits per heavy atom. The molecule has 0 heterocycles. The van der Waals surface area contributed by atoms with Gasteiger partial charge in [0.15, 0.2) is 0 Å². The molecular weight excluding hydrogens is 364 g/mol. The van der Waals surface area contributed by atoms with Gasteiger partial charge < -0.3 is 15.3 Å². The van der Waals surface area contributed by atoms with Crippen LogP contribution in [0.5, 0.6) is 11.5 Å². The summed E-state index contributed by atoms with van der Waals surface area (Å²) in [6.45, 7) is 8.37. The molecule has 1 atom stereocenters. The van der Waals surface area contributed by atoms with Crippen molar-refractivity contribution in [1.82, 2.24) is 0 Å². The molecule has 0 radical (unpaired) electrons. The summed E-state index contributed by atoms with van der Waals surface area (Å²) in [7, 11) is 0. The Labute approximate surface area is 176 Å². The maximum atomic E-state index is 10.6. The maximum absolute atomic E-state index is 10.6. The van der Waals surface area contributed by atoms with Crippen LogP contribution in [0.2, 0.25) is 0 Å². The van der Waals surface area contributed by atoms with Crippen LogP contribution >= 0.6 is 0 Å². The largest absolute Gasteiger partial charge is 0.508 e. The second-order valence-corrected chi connectivity index (χ2v) is 8.21. The molecule has 4 nitrogen and oxygen atoms in total. The summed E-state index contributed by atoms with van der Waals surface area (Å²) < 4.78 is 0. The molecule has 3 N–H and O–H groups in total. The van der Waals surface area contributed by atoms with Crippen molar-refractivity contribution in [3.8, 4) is 11.5 Å². The summed E-state index contributed by atoms with van der Waals surface area (Å²) in [5, 5.41) is 29.7. The lowest BCUT2D eigenvalue weighted by Gasteiger charge is -2.17. The lowest BCUT2D eigenvalue weighted by Crippen LogP contribution is -2.00. The number of rotatable bonds is 13. The number of phenols is 2. The first-order chi connectivity index (χ1) is 13.7. The molecule has 0 aliphatic heterocycles. The number of hydrogen-bond acceptors (Lipinski definition) is 3. The number of carboxylic acid groups (broad SMARTS) is 1. The van der Waals surface area contributed by atoms with Crippen molar-refractivity contribution >= 4 is 5.97 Å². The molecule has 0 saturated heterocycles. The van der Waals surface area contributed by atoms with Crippen LogP contribution in [0.1, 0.15) is 96.1 Å². The van der Waals surface area contributed by atoms with Gasteiger partial charge in [0.25, 0.3) is 0 Å². The van der Waals surface area contributed by atoms with Crippen LogP contribution < -0.4 is 0 Å². The van der Waals surface area contributed by atoms with E-state index in [2.05, 4.69) is 39.8 Å². The molecule has 29 heavy (non-hydrogen) atoms. The minimum atomic E-state index is -0.747. The first-order valence-electron chi connectivity index (χ1n) is 10.8. The van der Waals surface area contributed by atoms with E-state index in [-0.39, 0.29) is 23.8 Å². The molecule has 0 saturated carbocycles. The molecule has 162 valence electrons. The average Bonchev–Trinajstić information content (AvgIpc) is 2.63. The lowest BCUT2D eigenvalue weighted by molar-refractivity contribution is -0.137. The number of allylic oxidation sites excluding steroid dienone is 4. The number of unbranched alkanes of at least 4 members (excludes halogenated alkanes) is 2. The summed E-state index contributed by atoms with van der Waals surface area (Å²) in [5.41, 5.74) is 4.09. The molecule has 0 bridgehead atoms. The molecule has 0 aliphatic rings. The van der Waals surface area contributed by atoms with Crippen LogP contribution in [0, 0.1) is 0 Å². The van der Waals surface area contributed by atoms with Gasteiger partial charge in [0.1, 0.15) is 11.5 Å². The Morgan fingerprint density at radius 2 is 1.66 bits per heavy atom. The van der Waals surface area contributed by atoms with Crippen LogP contribution in [0.3, 0.4) is 0 Å². The van der Waals surface area contributed by atoms with E-state index >= 15 is 0 Å². The Morgan fingerprint density at radius 1 is 1.00 bits per heavy atom. The molecule has 1 unspecified atom stereocenters. The predicted octanol–water partition coefficient (Wildman–Crippen LogP) is 6.86. The van der Waals surface area contributed by atoms with Gasteiger partial charge in [0.05, 0.1) is 0 Å². The third-order valence-electron chi connectivity index (χ3n) is 5.38. The van der Waals surface area contributed by atoms with E-state index in [1.54, 1.807) is 12.1 Å². The van der Waals surface area contributed by atoms with E-state index in [4.69, 9.17) is 5.11 Å². The van der Waals surface area contributed by atoms with Crippen LogP contribution in [0.4, 0.5) is 0 Å². The van der Waals surface area contributed by atoms with Gasteiger partial charge in [0, 0.05) is 12.0 Å². The van der Waals surface area contributed by atoms with Gasteiger partial charge in [0.2, 0.25) is 0 Å². The molecule has 0 fully saturated rings. The third kappa shape index (κ3) is 9.69. The normalized spacial score (nSPS) is 12.6. The minimum Gasteiger partial charge on any atom is -0.508 e. The van der Waals surface area contributed by atoms with Crippen LogP contribution in [-0.4, -0.2) is 21.3 Å². The number of hydrogen-bond donors (Lipinski definition) is 3. The molecular formula is C25H38O4. The number of benzene rings is 1. The monoisotopic (exact) mass is 402 g/mol. The molecule has 4 heteroatoms. The van der Waals surface area contributed by atoms with E-state index in [9.17, 15) is 15.0 Å². The van der Waals surface area contributed by atoms with Crippen molar-refractivity contribution in [3.05, 3.63) is 46.6 Å². The molecule has 1 aromatic rings. The predicted molar refractivity (Wildman–Crippen MR) is 120 cm³/mol. The highest BCUT2D eigenvalue weighted by Gasteiger charge is 2.15. The van der Waals surface area contributed by atoms with Crippen LogP contribution in [-0.2, 0) is 11.2 Å². The molecule has 0 amide bonds. The van der Waals surface area contributed by atoms with Crippen molar-refractivity contribution < 1.29 is 20.1 Å². The van der Waals surface area contributed by atoms with E-state index in [0.717, 1.165) is 44.1 Å². The zero-order chi connectivity index (χ0) is 21.8. The fourth-order valence-electron chi connectivity index (χ4n) is 3.52. The fraction of sp³-hybridized carbons (Fsp3) is 0.560. The standard InChI is InChI=1S/C25H38O4/c1-5-20(12-7-6-8-13-25(28)29)21-16-23(26)22(24(27)17-21)15-14-19(4)11-9-10-18(2)3/h10,14,16-17,20,26-27H,5-9,11-13,15H2,1-4H3,(H,28,29). The minimum absolute atomic E-state index is 0.151. The van der Waals surface area contributed by atoms with Crippen LogP contribution in [0.25, 0.3) is 0 Å². The van der Waals surface area contributed by atoms with Crippen molar-refractivity contribution in [1.29, 1.82) is 0 Å². The number of carboxylic acids is 1. The highest BCUT2D eigenvalue weighted by atomic mass is 16.4.